The van der Waals surface area contributed by atoms with Crippen LogP contribution in [0.1, 0.15) is 44.9 Å². The van der Waals surface area contributed by atoms with Gasteiger partial charge in [0.1, 0.15) is 11.5 Å². The molecule has 0 aliphatic carbocycles. The van der Waals surface area contributed by atoms with Gasteiger partial charge in [0, 0.05) is 37.9 Å². The lowest BCUT2D eigenvalue weighted by Crippen LogP contribution is -2.43. The van der Waals surface area contributed by atoms with E-state index in [-0.39, 0.29) is 6.61 Å². The molecule has 2 aromatic heterocycles. The lowest BCUT2D eigenvalue weighted by Gasteiger charge is -2.34. The van der Waals surface area contributed by atoms with E-state index in [1.807, 2.05) is 18.6 Å². The Hall–Kier alpha value is -1.66. The van der Waals surface area contributed by atoms with Crippen molar-refractivity contribution in [3.63, 3.8) is 0 Å². The monoisotopic (exact) mass is 331 g/mol. The normalized spacial score (nSPS) is 19.0. The van der Waals surface area contributed by atoms with Crippen molar-refractivity contribution in [3.05, 3.63) is 24.4 Å². The van der Waals surface area contributed by atoms with E-state index in [1.165, 1.54) is 19.3 Å². The number of nitrogens with one attached hydrogen (secondary N) is 1. The van der Waals surface area contributed by atoms with Crippen LogP contribution in [0.15, 0.2) is 18.6 Å². The highest BCUT2D eigenvalue weighted by atomic mass is 16.3. The molecule has 6 nitrogen and oxygen atoms in total. The standard InChI is InChI=1S/C18H29N5O/c1-2-3-7-17-20-13-16(21-17)18-19-8-10-23(18)12-11-22-9-5-4-6-15(22)14-24/h8,10,13,15,24H,2-7,9,11-12,14H2,1H3,(H,20,21)/t15-/m1/s1. The lowest BCUT2D eigenvalue weighted by atomic mass is 10.0. The van der Waals surface area contributed by atoms with E-state index < -0.39 is 0 Å². The van der Waals surface area contributed by atoms with Crippen molar-refractivity contribution in [3.8, 4) is 11.5 Å². The summed E-state index contributed by atoms with van der Waals surface area (Å²) < 4.78 is 2.18. The second kappa shape index (κ2) is 8.44. The first-order chi connectivity index (χ1) is 11.8. The first kappa shape index (κ1) is 17.2. The summed E-state index contributed by atoms with van der Waals surface area (Å²) in [4.78, 5) is 14.8. The zero-order chi connectivity index (χ0) is 16.8. The first-order valence-corrected chi connectivity index (χ1v) is 9.22. The Morgan fingerprint density at radius 2 is 2.21 bits per heavy atom. The van der Waals surface area contributed by atoms with Crippen LogP contribution >= 0.6 is 0 Å². The fraction of sp³-hybridized carbons (Fsp3) is 0.667. The van der Waals surface area contributed by atoms with Crippen molar-refractivity contribution in [2.24, 2.45) is 0 Å². The van der Waals surface area contributed by atoms with Crippen molar-refractivity contribution in [1.29, 1.82) is 0 Å². The fourth-order valence-electron chi connectivity index (χ4n) is 3.48. The van der Waals surface area contributed by atoms with Crippen LogP contribution in [-0.4, -0.2) is 55.3 Å². The molecule has 1 aliphatic heterocycles. The van der Waals surface area contributed by atoms with Crippen LogP contribution in [0.4, 0.5) is 0 Å². The number of nitrogens with zero attached hydrogens (tertiary/aromatic N) is 4. The van der Waals surface area contributed by atoms with Gasteiger partial charge in [0.15, 0.2) is 5.82 Å². The Kier molecular flexibility index (Phi) is 6.04. The molecule has 3 heterocycles. The molecule has 2 aromatic rings. The lowest BCUT2D eigenvalue weighted by molar-refractivity contribution is 0.0873. The molecule has 1 aliphatic rings. The molecule has 0 unspecified atom stereocenters. The highest BCUT2D eigenvalue weighted by Crippen LogP contribution is 2.19. The van der Waals surface area contributed by atoms with Crippen LogP contribution < -0.4 is 0 Å². The average Bonchev–Trinajstić information content (AvgIpc) is 3.27. The Morgan fingerprint density at radius 1 is 1.29 bits per heavy atom. The number of aromatic amines is 1. The average molecular weight is 331 g/mol. The maximum absolute atomic E-state index is 9.55. The Balaban J connectivity index is 1.63. The maximum Gasteiger partial charge on any atom is 0.158 e. The predicted molar refractivity (Wildman–Crippen MR) is 94.7 cm³/mol. The molecule has 1 atom stereocenters. The number of H-pyrrole nitrogens is 1. The van der Waals surface area contributed by atoms with Crippen LogP contribution in [0, 0.1) is 0 Å². The molecule has 1 fully saturated rings. The molecule has 0 bridgehead atoms. The van der Waals surface area contributed by atoms with E-state index in [4.69, 9.17) is 0 Å². The van der Waals surface area contributed by atoms with Crippen molar-refractivity contribution < 1.29 is 5.11 Å². The van der Waals surface area contributed by atoms with Gasteiger partial charge in [-0.1, -0.05) is 19.8 Å². The van der Waals surface area contributed by atoms with Crippen LogP contribution in [-0.2, 0) is 13.0 Å². The minimum absolute atomic E-state index is 0.262. The number of hydrogen-bond donors (Lipinski definition) is 2. The van der Waals surface area contributed by atoms with Crippen LogP contribution in [0.3, 0.4) is 0 Å². The highest BCUT2D eigenvalue weighted by Gasteiger charge is 2.21. The third-order valence-corrected chi connectivity index (χ3v) is 4.94. The van der Waals surface area contributed by atoms with Crippen molar-refractivity contribution >= 4 is 0 Å². The summed E-state index contributed by atoms with van der Waals surface area (Å²) in [5, 5.41) is 9.55. The summed E-state index contributed by atoms with van der Waals surface area (Å²) >= 11 is 0. The number of aromatic nitrogens is 4. The SMILES string of the molecule is CCCCc1ncc(-c2nccn2CCN2CCCC[C@@H]2CO)[nH]1. The number of hydrogen-bond acceptors (Lipinski definition) is 4. The third kappa shape index (κ3) is 4.05. The van der Waals surface area contributed by atoms with Crippen molar-refractivity contribution in [2.45, 2.75) is 58.0 Å². The molecular weight excluding hydrogens is 302 g/mol. The van der Waals surface area contributed by atoms with Crippen LogP contribution in [0.2, 0.25) is 0 Å². The Morgan fingerprint density at radius 3 is 3.04 bits per heavy atom. The van der Waals surface area contributed by atoms with E-state index in [9.17, 15) is 5.11 Å². The van der Waals surface area contributed by atoms with Gasteiger partial charge < -0.3 is 14.7 Å². The van der Waals surface area contributed by atoms with E-state index in [1.54, 1.807) is 0 Å². The molecule has 0 amide bonds. The van der Waals surface area contributed by atoms with Gasteiger partial charge in [0.05, 0.1) is 12.8 Å². The summed E-state index contributed by atoms with van der Waals surface area (Å²) in [5.41, 5.74) is 0.989. The number of aliphatic hydroxyl groups excluding tert-OH is 1. The smallest absolute Gasteiger partial charge is 0.158 e. The van der Waals surface area contributed by atoms with Crippen LogP contribution in [0.5, 0.6) is 0 Å². The van der Waals surface area contributed by atoms with Gasteiger partial charge in [-0.3, -0.25) is 4.90 Å². The van der Waals surface area contributed by atoms with Crippen molar-refractivity contribution in [1.82, 2.24) is 24.4 Å². The molecule has 3 rings (SSSR count). The van der Waals surface area contributed by atoms with Gasteiger partial charge in [0.2, 0.25) is 0 Å². The molecule has 0 saturated carbocycles. The predicted octanol–water partition coefficient (Wildman–Crippen LogP) is 2.46. The molecule has 2 N–H and O–H groups in total. The van der Waals surface area contributed by atoms with E-state index in [0.717, 1.165) is 56.2 Å². The number of piperidine rings is 1. The zero-order valence-corrected chi connectivity index (χ0v) is 14.6. The van der Waals surface area contributed by atoms with E-state index in [2.05, 4.69) is 31.3 Å². The Labute approximate surface area is 143 Å². The van der Waals surface area contributed by atoms with Gasteiger partial charge in [-0.15, -0.1) is 0 Å². The summed E-state index contributed by atoms with van der Waals surface area (Å²) in [6.07, 6.45) is 12.6. The Bertz CT molecular complexity index is 620. The maximum atomic E-state index is 9.55. The topological polar surface area (TPSA) is 70.0 Å². The van der Waals surface area contributed by atoms with E-state index >= 15 is 0 Å². The van der Waals surface area contributed by atoms with Gasteiger partial charge >= 0.3 is 0 Å². The molecule has 6 heteroatoms. The number of likely N-dealkylation sites (tertiary alicyclic amines) is 1. The van der Waals surface area contributed by atoms with Crippen LogP contribution in [0.25, 0.3) is 11.5 Å². The third-order valence-electron chi connectivity index (χ3n) is 4.94. The molecule has 0 radical (unpaired) electrons. The van der Waals surface area contributed by atoms with Crippen molar-refractivity contribution in [2.75, 3.05) is 19.7 Å². The number of aliphatic hydroxyl groups is 1. The number of aryl methyl sites for hydroxylation is 1. The number of imidazole rings is 2. The molecule has 1 saturated heterocycles. The summed E-state index contributed by atoms with van der Waals surface area (Å²) in [6, 6.07) is 0.318. The second-order valence-electron chi connectivity index (χ2n) is 6.66. The first-order valence-electron chi connectivity index (χ1n) is 9.22. The molecule has 0 spiro atoms. The largest absolute Gasteiger partial charge is 0.395 e. The number of rotatable bonds is 8. The van der Waals surface area contributed by atoms with Gasteiger partial charge in [-0.25, -0.2) is 9.97 Å². The quantitative estimate of drug-likeness (QED) is 0.779. The summed E-state index contributed by atoms with van der Waals surface area (Å²) in [7, 11) is 0. The molecule has 24 heavy (non-hydrogen) atoms. The fourth-order valence-corrected chi connectivity index (χ4v) is 3.48. The summed E-state index contributed by atoms with van der Waals surface area (Å²) in [5.74, 6) is 1.99. The van der Waals surface area contributed by atoms with E-state index in [0.29, 0.717) is 6.04 Å². The minimum atomic E-state index is 0.262. The zero-order valence-electron chi connectivity index (χ0n) is 14.6. The second-order valence-corrected chi connectivity index (χ2v) is 6.66. The highest BCUT2D eigenvalue weighted by molar-refractivity contribution is 5.48. The van der Waals surface area contributed by atoms with Gasteiger partial charge in [0.25, 0.3) is 0 Å². The number of unbranched alkanes of at least 4 members (excludes halogenated alkanes) is 1. The summed E-state index contributed by atoms with van der Waals surface area (Å²) in [6.45, 7) is 5.37. The van der Waals surface area contributed by atoms with Gasteiger partial charge in [-0.2, -0.15) is 0 Å². The minimum Gasteiger partial charge on any atom is -0.395 e. The molecule has 0 aromatic carbocycles. The molecule has 132 valence electrons. The van der Waals surface area contributed by atoms with Gasteiger partial charge in [-0.05, 0) is 25.8 Å². The molecular formula is C18H29N5O.